The first-order chi connectivity index (χ1) is 12.5. The first-order valence-electron chi connectivity index (χ1n) is 9.84. The van der Waals surface area contributed by atoms with Crippen LogP contribution in [0.5, 0.6) is 5.75 Å². The van der Waals surface area contributed by atoms with E-state index in [9.17, 15) is 9.59 Å². The van der Waals surface area contributed by atoms with E-state index >= 15 is 0 Å². The van der Waals surface area contributed by atoms with Gasteiger partial charge in [0.15, 0.2) is 0 Å². The summed E-state index contributed by atoms with van der Waals surface area (Å²) >= 11 is 0. The maximum absolute atomic E-state index is 12.8. The topological polar surface area (TPSA) is 67.4 Å². The van der Waals surface area contributed by atoms with Gasteiger partial charge < -0.3 is 15.4 Å². The van der Waals surface area contributed by atoms with E-state index in [-0.39, 0.29) is 17.7 Å². The van der Waals surface area contributed by atoms with E-state index in [0.29, 0.717) is 30.4 Å². The SMILES string of the molecule is CCOc1ccccc1NC(=O)[C@H](CC(C)C)NC(=O)C1CCCCC1. The van der Waals surface area contributed by atoms with Crippen molar-refractivity contribution in [3.8, 4) is 5.75 Å². The van der Waals surface area contributed by atoms with E-state index in [0.717, 1.165) is 25.7 Å². The van der Waals surface area contributed by atoms with Crippen molar-refractivity contribution in [1.82, 2.24) is 5.32 Å². The highest BCUT2D eigenvalue weighted by molar-refractivity contribution is 5.98. The highest BCUT2D eigenvalue weighted by Crippen LogP contribution is 2.26. The second-order valence-corrected chi connectivity index (χ2v) is 7.44. The normalized spacial score (nSPS) is 16.2. The monoisotopic (exact) mass is 360 g/mol. The molecule has 0 saturated heterocycles. The van der Waals surface area contributed by atoms with E-state index in [4.69, 9.17) is 4.74 Å². The lowest BCUT2D eigenvalue weighted by molar-refractivity contribution is -0.130. The second kappa shape index (κ2) is 10.2. The minimum atomic E-state index is -0.529. The zero-order valence-corrected chi connectivity index (χ0v) is 16.2. The molecule has 1 aromatic rings. The van der Waals surface area contributed by atoms with Crippen LogP contribution in [0.4, 0.5) is 5.69 Å². The Labute approximate surface area is 156 Å². The molecule has 1 fully saturated rings. The smallest absolute Gasteiger partial charge is 0.247 e. The summed E-state index contributed by atoms with van der Waals surface area (Å²) in [5.74, 6) is 0.824. The predicted molar refractivity (Wildman–Crippen MR) is 104 cm³/mol. The lowest BCUT2D eigenvalue weighted by Gasteiger charge is -2.25. The van der Waals surface area contributed by atoms with Crippen molar-refractivity contribution in [3.63, 3.8) is 0 Å². The summed E-state index contributed by atoms with van der Waals surface area (Å²) in [5, 5.41) is 5.93. The molecular formula is C21H32N2O3. The van der Waals surface area contributed by atoms with Crippen molar-refractivity contribution in [2.24, 2.45) is 11.8 Å². The zero-order valence-electron chi connectivity index (χ0n) is 16.2. The summed E-state index contributed by atoms with van der Waals surface area (Å²) in [6.45, 7) is 6.55. The third-order valence-electron chi connectivity index (χ3n) is 4.76. The zero-order chi connectivity index (χ0) is 18.9. The third-order valence-corrected chi connectivity index (χ3v) is 4.76. The van der Waals surface area contributed by atoms with E-state index in [1.807, 2.05) is 31.2 Å². The molecule has 0 aliphatic heterocycles. The van der Waals surface area contributed by atoms with Crippen molar-refractivity contribution < 1.29 is 14.3 Å². The van der Waals surface area contributed by atoms with E-state index in [1.54, 1.807) is 0 Å². The molecule has 1 aliphatic carbocycles. The number of carbonyl (C=O) groups excluding carboxylic acids is 2. The Kier molecular flexibility index (Phi) is 7.95. The van der Waals surface area contributed by atoms with Gasteiger partial charge in [-0.25, -0.2) is 0 Å². The highest BCUT2D eigenvalue weighted by Gasteiger charge is 2.27. The summed E-state index contributed by atoms with van der Waals surface area (Å²) in [4.78, 5) is 25.4. The maximum atomic E-state index is 12.8. The van der Waals surface area contributed by atoms with Crippen molar-refractivity contribution in [2.75, 3.05) is 11.9 Å². The van der Waals surface area contributed by atoms with Gasteiger partial charge in [0.2, 0.25) is 11.8 Å². The van der Waals surface area contributed by atoms with Crippen LogP contribution in [0.15, 0.2) is 24.3 Å². The fourth-order valence-corrected chi connectivity index (χ4v) is 3.43. The molecular weight excluding hydrogens is 328 g/mol. The molecule has 2 N–H and O–H groups in total. The van der Waals surface area contributed by atoms with Crippen molar-refractivity contribution in [1.29, 1.82) is 0 Å². The number of rotatable bonds is 8. The van der Waals surface area contributed by atoms with E-state index in [1.165, 1.54) is 6.42 Å². The number of carbonyl (C=O) groups is 2. The number of anilines is 1. The fraction of sp³-hybridized carbons (Fsp3) is 0.619. The number of hydrogen-bond donors (Lipinski definition) is 2. The summed E-state index contributed by atoms with van der Waals surface area (Å²) in [7, 11) is 0. The van der Waals surface area contributed by atoms with E-state index in [2.05, 4.69) is 24.5 Å². The van der Waals surface area contributed by atoms with Crippen LogP contribution in [0.3, 0.4) is 0 Å². The van der Waals surface area contributed by atoms with Crippen LogP contribution >= 0.6 is 0 Å². The van der Waals surface area contributed by atoms with Gasteiger partial charge in [0, 0.05) is 5.92 Å². The van der Waals surface area contributed by atoms with Gasteiger partial charge in [-0.2, -0.15) is 0 Å². The Morgan fingerprint density at radius 1 is 1.15 bits per heavy atom. The molecule has 1 atom stereocenters. The number of ether oxygens (including phenoxy) is 1. The molecule has 26 heavy (non-hydrogen) atoms. The van der Waals surface area contributed by atoms with Crippen LogP contribution in [0, 0.1) is 11.8 Å². The number of nitrogens with one attached hydrogen (secondary N) is 2. The lowest BCUT2D eigenvalue weighted by atomic mass is 9.88. The number of para-hydroxylation sites is 2. The molecule has 5 nitrogen and oxygen atoms in total. The van der Waals surface area contributed by atoms with Gasteiger partial charge in [0.1, 0.15) is 11.8 Å². The molecule has 144 valence electrons. The third kappa shape index (κ3) is 6.04. The van der Waals surface area contributed by atoms with Crippen molar-refractivity contribution in [2.45, 2.75) is 65.3 Å². The van der Waals surface area contributed by atoms with Gasteiger partial charge in [-0.1, -0.05) is 45.2 Å². The summed E-state index contributed by atoms with van der Waals surface area (Å²) in [6.07, 6.45) is 5.86. The Balaban J connectivity index is 2.05. The lowest BCUT2D eigenvalue weighted by Crippen LogP contribution is -2.47. The molecule has 0 bridgehead atoms. The van der Waals surface area contributed by atoms with Crippen molar-refractivity contribution in [3.05, 3.63) is 24.3 Å². The minimum absolute atomic E-state index is 0.0172. The number of hydrogen-bond acceptors (Lipinski definition) is 3. The van der Waals surface area contributed by atoms with Crippen molar-refractivity contribution >= 4 is 17.5 Å². The fourth-order valence-electron chi connectivity index (χ4n) is 3.43. The molecule has 0 heterocycles. The van der Waals surface area contributed by atoms with E-state index < -0.39 is 6.04 Å². The van der Waals surface area contributed by atoms with Gasteiger partial charge >= 0.3 is 0 Å². The van der Waals surface area contributed by atoms with Gasteiger partial charge in [0.05, 0.1) is 12.3 Å². The van der Waals surface area contributed by atoms with Crippen LogP contribution in [-0.2, 0) is 9.59 Å². The minimum Gasteiger partial charge on any atom is -0.492 e. The Hall–Kier alpha value is -2.04. The molecule has 2 rings (SSSR count). The van der Waals surface area contributed by atoms with Gasteiger partial charge in [-0.05, 0) is 44.2 Å². The maximum Gasteiger partial charge on any atom is 0.247 e. The first-order valence-corrected chi connectivity index (χ1v) is 9.84. The Morgan fingerprint density at radius 2 is 1.85 bits per heavy atom. The number of benzene rings is 1. The first kappa shape index (κ1) is 20.3. The summed E-state index contributed by atoms with van der Waals surface area (Å²) in [5.41, 5.74) is 0.639. The average molecular weight is 360 g/mol. The predicted octanol–water partition coefficient (Wildman–Crippen LogP) is 4.14. The molecule has 1 aromatic carbocycles. The highest BCUT2D eigenvalue weighted by atomic mass is 16.5. The molecule has 5 heteroatoms. The molecule has 0 radical (unpaired) electrons. The van der Waals surface area contributed by atoms with Crippen LogP contribution in [-0.4, -0.2) is 24.5 Å². The quantitative estimate of drug-likeness (QED) is 0.732. The molecule has 2 amide bonds. The molecule has 1 saturated carbocycles. The van der Waals surface area contributed by atoms with Gasteiger partial charge in [-0.15, -0.1) is 0 Å². The summed E-state index contributed by atoms with van der Waals surface area (Å²) in [6, 6.07) is 6.85. The largest absolute Gasteiger partial charge is 0.492 e. The molecule has 0 spiro atoms. The molecule has 1 aliphatic rings. The summed E-state index contributed by atoms with van der Waals surface area (Å²) < 4.78 is 5.57. The number of amides is 2. The Bertz CT molecular complexity index is 595. The van der Waals surface area contributed by atoms with Crippen LogP contribution in [0.2, 0.25) is 0 Å². The van der Waals surface area contributed by atoms with Gasteiger partial charge in [-0.3, -0.25) is 9.59 Å². The second-order valence-electron chi connectivity index (χ2n) is 7.44. The molecule has 0 aromatic heterocycles. The molecule has 0 unspecified atom stereocenters. The van der Waals surface area contributed by atoms with Gasteiger partial charge in [0.25, 0.3) is 0 Å². The van der Waals surface area contributed by atoms with Crippen LogP contribution < -0.4 is 15.4 Å². The standard InChI is InChI=1S/C21H32N2O3/c1-4-26-19-13-9-8-12-17(19)22-21(25)18(14-15(2)3)23-20(24)16-10-6-5-7-11-16/h8-9,12-13,15-16,18H,4-7,10-11,14H2,1-3H3,(H,22,25)(H,23,24)/t18-/m0/s1. The van der Waals surface area contributed by atoms with Crippen LogP contribution in [0.1, 0.15) is 59.3 Å². The van der Waals surface area contributed by atoms with Crippen LogP contribution in [0.25, 0.3) is 0 Å². The Morgan fingerprint density at radius 3 is 2.50 bits per heavy atom. The average Bonchev–Trinajstić information content (AvgIpc) is 2.63.